The fourth-order valence-corrected chi connectivity index (χ4v) is 4.44. The van der Waals surface area contributed by atoms with Gasteiger partial charge in [-0.1, -0.05) is 35.9 Å². The number of rotatable bonds is 6. The number of carbonyl (C=O) groups excluding carboxylic acids is 3. The number of halogens is 1. The Balaban J connectivity index is 1.78. The summed E-state index contributed by atoms with van der Waals surface area (Å²) in [6.45, 7) is 1.95. The lowest BCUT2D eigenvalue weighted by molar-refractivity contribution is -0.126. The monoisotopic (exact) mass is 475 g/mol. The predicted octanol–water partition coefficient (Wildman–Crippen LogP) is 4.36. The molecular weight excluding hydrogens is 449 g/mol. The lowest BCUT2D eigenvalue weighted by atomic mass is 9.82. The molecule has 0 spiro atoms. The molecule has 0 saturated carbocycles. The molecule has 180 valence electrons. The number of piperidine rings is 1. The van der Waals surface area contributed by atoms with Gasteiger partial charge in [0, 0.05) is 23.2 Å². The van der Waals surface area contributed by atoms with Crippen LogP contribution in [0.2, 0.25) is 0 Å². The molecule has 0 aromatic heterocycles. The van der Waals surface area contributed by atoms with Gasteiger partial charge in [0.25, 0.3) is 0 Å². The summed E-state index contributed by atoms with van der Waals surface area (Å²) >= 11 is 0. The molecule has 3 N–H and O–H groups in total. The maximum Gasteiger partial charge on any atom is 0.248 e. The number of ether oxygens (including phenoxy) is 1. The van der Waals surface area contributed by atoms with Crippen LogP contribution in [0.15, 0.2) is 66.7 Å². The van der Waals surface area contributed by atoms with Crippen molar-refractivity contribution in [3.05, 3.63) is 89.2 Å². The average Bonchev–Trinajstić information content (AvgIpc) is 2.85. The summed E-state index contributed by atoms with van der Waals surface area (Å²) in [5.41, 5.74) is 7.58. The SMILES string of the molecule is COc1ccccc1[C@H]1[C@H](C(=O)Nc2cc(C(N)=O)ccc2F)CCC(=O)N1c1ccc(C)cc1. The van der Waals surface area contributed by atoms with E-state index in [-0.39, 0.29) is 30.0 Å². The van der Waals surface area contributed by atoms with Gasteiger partial charge in [-0.3, -0.25) is 14.4 Å². The van der Waals surface area contributed by atoms with Crippen LogP contribution in [0, 0.1) is 18.7 Å². The van der Waals surface area contributed by atoms with Crippen molar-refractivity contribution in [3.63, 3.8) is 0 Å². The van der Waals surface area contributed by atoms with Crippen LogP contribution in [0.25, 0.3) is 0 Å². The summed E-state index contributed by atoms with van der Waals surface area (Å²) in [4.78, 5) is 39.9. The van der Waals surface area contributed by atoms with Gasteiger partial charge in [0.05, 0.1) is 24.8 Å². The smallest absolute Gasteiger partial charge is 0.248 e. The number of aryl methyl sites for hydroxylation is 1. The van der Waals surface area contributed by atoms with Crippen LogP contribution >= 0.6 is 0 Å². The number of carbonyl (C=O) groups is 3. The highest BCUT2D eigenvalue weighted by molar-refractivity contribution is 6.01. The van der Waals surface area contributed by atoms with Crippen LogP contribution in [0.1, 0.15) is 40.4 Å². The number of amides is 3. The topological polar surface area (TPSA) is 102 Å². The van der Waals surface area contributed by atoms with Crippen LogP contribution in [-0.4, -0.2) is 24.8 Å². The van der Waals surface area contributed by atoms with Crippen molar-refractivity contribution < 1.29 is 23.5 Å². The number of anilines is 2. The van der Waals surface area contributed by atoms with Gasteiger partial charge in [0.1, 0.15) is 11.6 Å². The second-order valence-corrected chi connectivity index (χ2v) is 8.48. The highest BCUT2D eigenvalue weighted by Crippen LogP contribution is 2.43. The maximum atomic E-state index is 14.5. The second-order valence-electron chi connectivity index (χ2n) is 8.48. The molecule has 0 radical (unpaired) electrons. The largest absolute Gasteiger partial charge is 0.496 e. The van der Waals surface area contributed by atoms with Crippen LogP contribution in [0.3, 0.4) is 0 Å². The standard InChI is InChI=1S/C27H26FN3O4/c1-16-7-10-18(11-8-16)31-24(32)14-12-20(25(31)19-5-3-4-6-23(19)35-2)27(34)30-22-15-17(26(29)33)9-13-21(22)28/h3-11,13,15,20,25H,12,14H2,1-2H3,(H2,29,33)(H,30,34)/t20-,25+/m1/s1. The molecule has 0 unspecified atom stereocenters. The summed E-state index contributed by atoms with van der Waals surface area (Å²) in [5.74, 6) is -2.23. The normalized spacial score (nSPS) is 17.7. The van der Waals surface area contributed by atoms with E-state index in [0.29, 0.717) is 17.0 Å². The molecule has 1 saturated heterocycles. The molecule has 1 fully saturated rings. The van der Waals surface area contributed by atoms with Crippen LogP contribution < -0.4 is 20.7 Å². The molecule has 0 bridgehead atoms. The average molecular weight is 476 g/mol. The third-order valence-electron chi connectivity index (χ3n) is 6.21. The van der Waals surface area contributed by atoms with E-state index in [4.69, 9.17) is 10.5 Å². The van der Waals surface area contributed by atoms with Gasteiger partial charge in [0.2, 0.25) is 17.7 Å². The van der Waals surface area contributed by atoms with Crippen molar-refractivity contribution in [2.75, 3.05) is 17.3 Å². The molecule has 35 heavy (non-hydrogen) atoms. The number of primary amides is 1. The Morgan fingerprint density at radius 3 is 2.49 bits per heavy atom. The van der Waals surface area contributed by atoms with Crippen molar-refractivity contribution in [3.8, 4) is 5.75 Å². The van der Waals surface area contributed by atoms with Crippen LogP contribution in [-0.2, 0) is 9.59 Å². The van der Waals surface area contributed by atoms with Gasteiger partial charge in [0.15, 0.2) is 0 Å². The summed E-state index contributed by atoms with van der Waals surface area (Å²) < 4.78 is 20.1. The van der Waals surface area contributed by atoms with Crippen molar-refractivity contribution >= 4 is 29.1 Å². The van der Waals surface area contributed by atoms with Gasteiger partial charge < -0.3 is 20.7 Å². The molecule has 4 rings (SSSR count). The molecule has 1 aliphatic heterocycles. The quantitative estimate of drug-likeness (QED) is 0.553. The van der Waals surface area contributed by atoms with E-state index in [2.05, 4.69) is 5.32 Å². The minimum absolute atomic E-state index is 0.0723. The fourth-order valence-electron chi connectivity index (χ4n) is 4.44. The Bertz CT molecular complexity index is 1280. The zero-order valence-corrected chi connectivity index (χ0v) is 19.5. The lowest BCUT2D eigenvalue weighted by Crippen LogP contribution is -2.47. The molecule has 2 atom stereocenters. The molecule has 3 aromatic rings. The van der Waals surface area contributed by atoms with Gasteiger partial charge in [-0.2, -0.15) is 0 Å². The zero-order chi connectivity index (χ0) is 25.1. The van der Waals surface area contributed by atoms with Gasteiger partial charge in [-0.05, 0) is 49.7 Å². The van der Waals surface area contributed by atoms with Crippen molar-refractivity contribution in [2.24, 2.45) is 11.7 Å². The summed E-state index contributed by atoms with van der Waals surface area (Å²) in [7, 11) is 1.53. The number of methoxy groups -OCH3 is 1. The molecule has 3 amide bonds. The highest BCUT2D eigenvalue weighted by atomic mass is 19.1. The number of para-hydroxylation sites is 1. The number of hydrogen-bond donors (Lipinski definition) is 2. The van der Waals surface area contributed by atoms with Crippen LogP contribution in [0.5, 0.6) is 5.75 Å². The van der Waals surface area contributed by atoms with Gasteiger partial charge >= 0.3 is 0 Å². The van der Waals surface area contributed by atoms with Gasteiger partial charge in [-0.15, -0.1) is 0 Å². The lowest BCUT2D eigenvalue weighted by Gasteiger charge is -2.41. The fraction of sp³-hybridized carbons (Fsp3) is 0.222. The third kappa shape index (κ3) is 4.87. The summed E-state index contributed by atoms with van der Waals surface area (Å²) in [6.07, 6.45) is 0.397. The first-order chi connectivity index (χ1) is 16.8. The number of nitrogens with two attached hydrogens (primary N) is 1. The minimum atomic E-state index is -0.735. The highest BCUT2D eigenvalue weighted by Gasteiger charge is 2.42. The Hall–Kier alpha value is -4.20. The Morgan fingerprint density at radius 1 is 1.09 bits per heavy atom. The van der Waals surface area contributed by atoms with Crippen molar-refractivity contribution in [1.82, 2.24) is 0 Å². The van der Waals surface area contributed by atoms with Crippen molar-refractivity contribution in [1.29, 1.82) is 0 Å². The van der Waals surface area contributed by atoms with Gasteiger partial charge in [-0.25, -0.2) is 4.39 Å². The first-order valence-electron chi connectivity index (χ1n) is 11.2. The predicted molar refractivity (Wildman–Crippen MR) is 131 cm³/mol. The Kier molecular flexibility index (Phi) is 6.82. The molecular formula is C27H26FN3O4. The second kappa shape index (κ2) is 9.97. The minimum Gasteiger partial charge on any atom is -0.496 e. The zero-order valence-electron chi connectivity index (χ0n) is 19.5. The van der Waals surface area contributed by atoms with Crippen LogP contribution in [0.4, 0.5) is 15.8 Å². The van der Waals surface area contributed by atoms with E-state index >= 15 is 0 Å². The molecule has 8 heteroatoms. The molecule has 3 aromatic carbocycles. The number of benzene rings is 3. The van der Waals surface area contributed by atoms with E-state index in [1.165, 1.54) is 19.2 Å². The summed E-state index contributed by atoms with van der Waals surface area (Å²) in [5, 5.41) is 2.61. The summed E-state index contributed by atoms with van der Waals surface area (Å²) in [6, 6.07) is 17.5. The maximum absolute atomic E-state index is 14.5. The first kappa shape index (κ1) is 23.9. The van der Waals surface area contributed by atoms with E-state index in [1.807, 2.05) is 49.4 Å². The number of nitrogens with one attached hydrogen (secondary N) is 1. The molecule has 1 heterocycles. The Labute approximate surface area is 202 Å². The van der Waals surface area contributed by atoms with E-state index < -0.39 is 29.6 Å². The first-order valence-corrected chi connectivity index (χ1v) is 11.2. The third-order valence-corrected chi connectivity index (χ3v) is 6.21. The van der Waals surface area contributed by atoms with E-state index in [1.54, 1.807) is 11.0 Å². The Morgan fingerprint density at radius 2 is 1.80 bits per heavy atom. The molecule has 7 nitrogen and oxygen atoms in total. The van der Waals surface area contributed by atoms with E-state index in [0.717, 1.165) is 11.6 Å². The van der Waals surface area contributed by atoms with Crippen molar-refractivity contribution in [2.45, 2.75) is 25.8 Å². The molecule has 0 aliphatic carbocycles. The van der Waals surface area contributed by atoms with E-state index in [9.17, 15) is 18.8 Å². The number of hydrogen-bond acceptors (Lipinski definition) is 4. The molecule has 1 aliphatic rings. The number of nitrogens with zero attached hydrogens (tertiary/aromatic N) is 1.